The lowest BCUT2D eigenvalue weighted by Gasteiger charge is -2.45. The van der Waals surface area contributed by atoms with Gasteiger partial charge in [-0.15, -0.1) is 0 Å². The number of pyridine rings is 2. The van der Waals surface area contributed by atoms with Crippen LogP contribution in [-0.2, 0) is 6.61 Å². The van der Waals surface area contributed by atoms with Gasteiger partial charge in [0.05, 0.1) is 22.6 Å². The normalized spacial score (nSPS) is 14.4. The van der Waals surface area contributed by atoms with E-state index < -0.39 is 23.5 Å². The number of halogens is 3. The zero-order valence-corrected chi connectivity index (χ0v) is 20.7. The summed E-state index contributed by atoms with van der Waals surface area (Å²) < 4.78 is 47.0. The molecule has 0 radical (unpaired) electrons. The molecule has 0 bridgehead atoms. The molecule has 1 fully saturated rings. The van der Waals surface area contributed by atoms with Crippen LogP contribution < -0.4 is 15.4 Å². The Hall–Kier alpha value is -4.25. The predicted molar refractivity (Wildman–Crippen MR) is 136 cm³/mol. The van der Waals surface area contributed by atoms with Crippen molar-refractivity contribution in [3.05, 3.63) is 77.5 Å². The van der Waals surface area contributed by atoms with Crippen molar-refractivity contribution in [2.45, 2.75) is 32.5 Å². The number of alkyl halides is 2. The van der Waals surface area contributed by atoms with E-state index in [-0.39, 0.29) is 18.4 Å². The number of hydrogen-bond donors (Lipinski definition) is 2. The molecular formula is C27H25F3N6O2. The van der Waals surface area contributed by atoms with E-state index in [9.17, 15) is 18.3 Å². The lowest BCUT2D eigenvalue weighted by Crippen LogP contribution is -2.60. The van der Waals surface area contributed by atoms with E-state index in [4.69, 9.17) is 10.5 Å². The van der Waals surface area contributed by atoms with Crippen LogP contribution in [0.4, 0.5) is 24.9 Å². The van der Waals surface area contributed by atoms with Gasteiger partial charge in [0.1, 0.15) is 23.9 Å². The highest BCUT2D eigenvalue weighted by Gasteiger charge is 2.37. The summed E-state index contributed by atoms with van der Waals surface area (Å²) in [6.07, 6.45) is -2.80. The number of nitrogen functional groups attached to an aromatic ring is 1. The summed E-state index contributed by atoms with van der Waals surface area (Å²) in [7, 11) is 0. The number of aliphatic hydroxyl groups is 1. The highest BCUT2D eigenvalue weighted by Crippen LogP contribution is 2.39. The summed E-state index contributed by atoms with van der Waals surface area (Å²) in [6.45, 7) is 4.29. The number of β-amino-alcohol motifs (C(OH)–C–C–N with tert-alkyl or cyclic N) is 1. The Kier molecular flexibility index (Phi) is 6.62. The van der Waals surface area contributed by atoms with Crippen LogP contribution in [0, 0.1) is 12.7 Å². The zero-order valence-electron chi connectivity index (χ0n) is 20.7. The van der Waals surface area contributed by atoms with Crippen molar-refractivity contribution in [3.63, 3.8) is 0 Å². The second-order valence-electron chi connectivity index (χ2n) is 9.47. The number of nitrogens with zero attached hydrogens (tertiary/aromatic N) is 5. The van der Waals surface area contributed by atoms with Crippen LogP contribution in [0.25, 0.3) is 22.4 Å². The molecule has 0 amide bonds. The van der Waals surface area contributed by atoms with E-state index in [2.05, 4.69) is 19.9 Å². The Balaban J connectivity index is 1.56. The fourth-order valence-electron chi connectivity index (χ4n) is 4.39. The van der Waals surface area contributed by atoms with Gasteiger partial charge in [-0.25, -0.2) is 23.1 Å². The number of rotatable bonds is 7. The van der Waals surface area contributed by atoms with E-state index in [1.165, 1.54) is 30.3 Å². The van der Waals surface area contributed by atoms with Crippen LogP contribution in [-0.4, -0.2) is 43.7 Å². The van der Waals surface area contributed by atoms with E-state index in [1.807, 2.05) is 17.0 Å². The van der Waals surface area contributed by atoms with Gasteiger partial charge in [-0.2, -0.15) is 4.98 Å². The molecule has 1 aliphatic heterocycles. The van der Waals surface area contributed by atoms with Crippen molar-refractivity contribution in [1.82, 2.24) is 19.9 Å². The summed E-state index contributed by atoms with van der Waals surface area (Å²) in [5.41, 5.74) is 7.26. The summed E-state index contributed by atoms with van der Waals surface area (Å²) in [5.74, 6) is 0.204. The zero-order chi connectivity index (χ0) is 27.0. The lowest BCUT2D eigenvalue weighted by atomic mass is 9.97. The van der Waals surface area contributed by atoms with Crippen LogP contribution in [0.15, 0.2) is 54.6 Å². The molecule has 38 heavy (non-hydrogen) atoms. The number of benzene rings is 1. The smallest absolute Gasteiger partial charge is 0.280 e. The average molecular weight is 523 g/mol. The fourth-order valence-corrected chi connectivity index (χ4v) is 4.39. The highest BCUT2D eigenvalue weighted by molar-refractivity contribution is 5.85. The third kappa shape index (κ3) is 5.37. The minimum absolute atomic E-state index is 0.00382. The summed E-state index contributed by atoms with van der Waals surface area (Å²) in [6, 6.07) is 13.9. The quantitative estimate of drug-likeness (QED) is 0.359. The predicted octanol–water partition coefficient (Wildman–Crippen LogP) is 4.72. The van der Waals surface area contributed by atoms with Crippen LogP contribution in [0.3, 0.4) is 0 Å². The Morgan fingerprint density at radius 1 is 1.03 bits per heavy atom. The van der Waals surface area contributed by atoms with Crippen molar-refractivity contribution < 1.29 is 23.0 Å². The third-order valence-electron chi connectivity index (χ3n) is 6.03. The van der Waals surface area contributed by atoms with Gasteiger partial charge < -0.3 is 20.5 Å². The first-order valence-corrected chi connectivity index (χ1v) is 11.8. The van der Waals surface area contributed by atoms with E-state index >= 15 is 0 Å². The topological polar surface area (TPSA) is 110 Å². The standard InChI is InChI=1S/C27H25F3N6O2/c1-15-10-17(11-20(32-15)24(29)30)22-23(16-6-8-18(28)9-7-16)34-26(31)35-25(22)38-12-19-4-3-5-21(33-19)36-13-27(2,37)14-36/h3-11,24,37H,12-14H2,1-2H3,(H2,31,34,35). The fraction of sp³-hybridized carbons (Fsp3) is 0.259. The van der Waals surface area contributed by atoms with Crippen molar-refractivity contribution in [1.29, 1.82) is 0 Å². The van der Waals surface area contributed by atoms with Crippen LogP contribution in [0.1, 0.15) is 30.4 Å². The van der Waals surface area contributed by atoms with Crippen molar-refractivity contribution in [2.75, 3.05) is 23.7 Å². The van der Waals surface area contributed by atoms with Gasteiger partial charge in [-0.05, 0) is 67.9 Å². The molecule has 5 rings (SSSR count). The molecule has 4 aromatic rings. The molecular weight excluding hydrogens is 497 g/mol. The van der Waals surface area contributed by atoms with Crippen LogP contribution in [0.5, 0.6) is 5.88 Å². The SMILES string of the molecule is Cc1cc(-c2c(OCc3cccc(N4CC(C)(O)C4)n3)nc(N)nc2-c2ccc(F)cc2)cc(C(F)F)n1. The summed E-state index contributed by atoms with van der Waals surface area (Å²) in [5, 5.41) is 10.0. The Morgan fingerprint density at radius 3 is 2.45 bits per heavy atom. The maximum atomic E-state index is 13.7. The Bertz CT molecular complexity index is 1470. The molecule has 11 heteroatoms. The summed E-state index contributed by atoms with van der Waals surface area (Å²) >= 11 is 0. The molecule has 0 atom stereocenters. The van der Waals surface area contributed by atoms with E-state index in [1.54, 1.807) is 26.0 Å². The molecule has 0 saturated carbocycles. The van der Waals surface area contributed by atoms with E-state index in [0.29, 0.717) is 52.7 Å². The maximum Gasteiger partial charge on any atom is 0.280 e. The molecule has 3 N–H and O–H groups in total. The van der Waals surface area contributed by atoms with Gasteiger partial charge in [0, 0.05) is 24.3 Å². The minimum Gasteiger partial charge on any atom is -0.471 e. The van der Waals surface area contributed by atoms with Crippen LogP contribution in [0.2, 0.25) is 0 Å². The van der Waals surface area contributed by atoms with Crippen molar-refractivity contribution >= 4 is 11.8 Å². The number of nitrogens with two attached hydrogens (primary N) is 1. The van der Waals surface area contributed by atoms with Gasteiger partial charge in [0.15, 0.2) is 0 Å². The molecule has 3 aromatic heterocycles. The monoisotopic (exact) mass is 522 g/mol. The number of aryl methyl sites for hydroxylation is 1. The van der Waals surface area contributed by atoms with E-state index in [0.717, 1.165) is 0 Å². The van der Waals surface area contributed by atoms with Gasteiger partial charge in [-0.1, -0.05) is 6.07 Å². The molecule has 1 aromatic carbocycles. The second kappa shape index (κ2) is 9.90. The molecule has 1 aliphatic rings. The Morgan fingerprint density at radius 2 is 1.76 bits per heavy atom. The first-order chi connectivity index (χ1) is 18.1. The van der Waals surface area contributed by atoms with Gasteiger partial charge in [0.25, 0.3) is 6.43 Å². The molecule has 1 saturated heterocycles. The minimum atomic E-state index is -2.80. The third-order valence-corrected chi connectivity index (χ3v) is 6.03. The second-order valence-corrected chi connectivity index (χ2v) is 9.47. The molecule has 4 heterocycles. The van der Waals surface area contributed by atoms with Crippen molar-refractivity contribution in [3.8, 4) is 28.3 Å². The number of anilines is 2. The lowest BCUT2D eigenvalue weighted by molar-refractivity contribution is 0.0305. The number of ether oxygens (including phenoxy) is 1. The van der Waals surface area contributed by atoms with Crippen molar-refractivity contribution in [2.24, 2.45) is 0 Å². The first kappa shape index (κ1) is 25.4. The maximum absolute atomic E-state index is 13.7. The van der Waals surface area contributed by atoms with Gasteiger partial charge in [0.2, 0.25) is 11.8 Å². The number of hydrogen-bond acceptors (Lipinski definition) is 8. The summed E-state index contributed by atoms with van der Waals surface area (Å²) in [4.78, 5) is 19.1. The van der Waals surface area contributed by atoms with Gasteiger partial charge in [-0.3, -0.25) is 4.98 Å². The Labute approximate surface area is 217 Å². The molecule has 196 valence electrons. The van der Waals surface area contributed by atoms with Crippen LogP contribution >= 0.6 is 0 Å². The molecule has 0 unspecified atom stereocenters. The highest BCUT2D eigenvalue weighted by atomic mass is 19.3. The van der Waals surface area contributed by atoms with Gasteiger partial charge >= 0.3 is 0 Å². The molecule has 8 nitrogen and oxygen atoms in total. The number of aromatic nitrogens is 4. The molecule has 0 spiro atoms. The first-order valence-electron chi connectivity index (χ1n) is 11.8. The molecule has 0 aliphatic carbocycles. The largest absolute Gasteiger partial charge is 0.471 e. The average Bonchev–Trinajstić information content (AvgIpc) is 2.86.